The summed E-state index contributed by atoms with van der Waals surface area (Å²) in [5.74, 6) is 2.39. The van der Waals surface area contributed by atoms with E-state index in [1.807, 2.05) is 19.6 Å². The third kappa shape index (κ3) is 3.98. The Bertz CT molecular complexity index is 566. The lowest BCUT2D eigenvalue weighted by Crippen LogP contribution is -2.18. The number of nitrogens with two attached hydrogens (primary N) is 1. The van der Waals surface area contributed by atoms with Crippen molar-refractivity contribution in [2.75, 3.05) is 5.73 Å². The molecule has 2 N–H and O–H groups in total. The van der Waals surface area contributed by atoms with Crippen molar-refractivity contribution >= 4 is 29.8 Å². The summed E-state index contributed by atoms with van der Waals surface area (Å²) >= 11 is 2.93. The summed E-state index contributed by atoms with van der Waals surface area (Å²) in [5, 5.41) is 0. The molecule has 0 aliphatic heterocycles. The highest BCUT2D eigenvalue weighted by Crippen LogP contribution is 2.39. The molecular formula is C12H14BrF3N2Si. The van der Waals surface area contributed by atoms with Crippen LogP contribution in [0.4, 0.5) is 19.0 Å². The fraction of sp³-hybridized carbons (Fsp3) is 0.417. The molecule has 2 nitrogen and oxygen atoms in total. The van der Waals surface area contributed by atoms with Crippen molar-refractivity contribution in [3.05, 3.63) is 21.3 Å². The molecule has 0 fully saturated rings. The van der Waals surface area contributed by atoms with Crippen LogP contribution >= 0.6 is 15.9 Å². The van der Waals surface area contributed by atoms with Crippen molar-refractivity contribution in [2.45, 2.75) is 32.7 Å². The number of anilines is 1. The van der Waals surface area contributed by atoms with Gasteiger partial charge in [0.25, 0.3) is 0 Å². The fourth-order valence-corrected chi connectivity index (χ4v) is 2.36. The highest BCUT2D eigenvalue weighted by atomic mass is 79.9. The largest absolute Gasteiger partial charge is 0.418 e. The Morgan fingerprint density at radius 1 is 1.26 bits per heavy atom. The first-order valence-electron chi connectivity index (χ1n) is 5.49. The van der Waals surface area contributed by atoms with E-state index in [0.29, 0.717) is 0 Å². The van der Waals surface area contributed by atoms with Gasteiger partial charge in [-0.1, -0.05) is 25.6 Å². The molecule has 0 spiro atoms. The molecule has 104 valence electrons. The number of nitrogen functional groups attached to an aromatic ring is 1. The second-order valence-corrected chi connectivity index (χ2v) is 10.7. The molecule has 1 aromatic heterocycles. The van der Waals surface area contributed by atoms with Crippen LogP contribution in [0.3, 0.4) is 0 Å². The Kier molecular flexibility index (Phi) is 4.37. The van der Waals surface area contributed by atoms with Gasteiger partial charge in [-0.3, -0.25) is 0 Å². The third-order valence-electron chi connectivity index (χ3n) is 2.18. The van der Waals surface area contributed by atoms with E-state index in [0.717, 1.165) is 0 Å². The molecule has 7 heteroatoms. The van der Waals surface area contributed by atoms with Crippen molar-refractivity contribution in [1.82, 2.24) is 4.98 Å². The Morgan fingerprint density at radius 2 is 1.79 bits per heavy atom. The van der Waals surface area contributed by atoms with Crippen LogP contribution in [0, 0.1) is 18.4 Å². The van der Waals surface area contributed by atoms with Crippen LogP contribution in [0.2, 0.25) is 19.6 Å². The molecule has 0 bridgehead atoms. The van der Waals surface area contributed by atoms with Gasteiger partial charge in [0, 0.05) is 0 Å². The van der Waals surface area contributed by atoms with E-state index >= 15 is 0 Å². The average molecular weight is 351 g/mol. The van der Waals surface area contributed by atoms with Gasteiger partial charge >= 0.3 is 6.18 Å². The number of rotatable bonds is 0. The Labute approximate surface area is 119 Å². The standard InChI is InChI=1S/C12H14BrF3N2Si/c1-7-10(13)9(12(14,15)16)8(11(17)18-7)5-6-19(2,3)4/h1-4H3,(H2,17,18). The second kappa shape index (κ2) is 5.17. The number of aryl methyl sites for hydroxylation is 1. The summed E-state index contributed by atoms with van der Waals surface area (Å²) in [6, 6.07) is 0. The lowest BCUT2D eigenvalue weighted by atomic mass is 10.1. The summed E-state index contributed by atoms with van der Waals surface area (Å²) in [6.07, 6.45) is -4.52. The lowest BCUT2D eigenvalue weighted by Gasteiger charge is -2.15. The highest BCUT2D eigenvalue weighted by Gasteiger charge is 2.37. The Balaban J connectivity index is 3.63. The van der Waals surface area contributed by atoms with E-state index in [4.69, 9.17) is 5.73 Å². The molecule has 0 saturated heterocycles. The van der Waals surface area contributed by atoms with Crippen molar-refractivity contribution in [1.29, 1.82) is 0 Å². The van der Waals surface area contributed by atoms with Crippen molar-refractivity contribution in [2.24, 2.45) is 0 Å². The van der Waals surface area contributed by atoms with Crippen molar-refractivity contribution in [3.8, 4) is 11.5 Å². The van der Waals surface area contributed by atoms with E-state index in [1.165, 1.54) is 6.92 Å². The average Bonchev–Trinajstić information content (AvgIpc) is 2.17. The Hall–Kier alpha value is -1.00. The summed E-state index contributed by atoms with van der Waals surface area (Å²) < 4.78 is 39.3. The molecule has 1 aromatic rings. The summed E-state index contributed by atoms with van der Waals surface area (Å²) in [4.78, 5) is 3.89. The van der Waals surface area contributed by atoms with Gasteiger partial charge in [-0.25, -0.2) is 4.98 Å². The second-order valence-electron chi connectivity index (χ2n) is 5.14. The SMILES string of the molecule is Cc1nc(N)c(C#C[Si](C)(C)C)c(C(F)(F)F)c1Br. The van der Waals surface area contributed by atoms with Crippen LogP contribution in [0.5, 0.6) is 0 Å². The van der Waals surface area contributed by atoms with Gasteiger partial charge in [-0.15, -0.1) is 5.54 Å². The Morgan fingerprint density at radius 3 is 2.21 bits per heavy atom. The van der Waals surface area contributed by atoms with E-state index in [2.05, 4.69) is 32.4 Å². The maximum atomic E-state index is 13.1. The first kappa shape index (κ1) is 16.1. The minimum atomic E-state index is -4.52. The predicted octanol–water partition coefficient (Wildman–Crippen LogP) is 3.98. The quantitative estimate of drug-likeness (QED) is 0.567. The van der Waals surface area contributed by atoms with Gasteiger partial charge in [0.15, 0.2) is 0 Å². The molecule has 0 aliphatic rings. The number of hydrogen-bond acceptors (Lipinski definition) is 2. The van der Waals surface area contributed by atoms with Crippen LogP contribution in [-0.4, -0.2) is 13.1 Å². The van der Waals surface area contributed by atoms with Gasteiger partial charge in [0.2, 0.25) is 0 Å². The summed E-state index contributed by atoms with van der Waals surface area (Å²) in [6.45, 7) is 7.30. The molecule has 0 unspecified atom stereocenters. The first-order chi connectivity index (χ1) is 8.43. The predicted molar refractivity (Wildman–Crippen MR) is 76.3 cm³/mol. The summed E-state index contributed by atoms with van der Waals surface area (Å²) in [7, 11) is -1.80. The fourth-order valence-electron chi connectivity index (χ4n) is 1.35. The minimum absolute atomic E-state index is 0.103. The van der Waals surface area contributed by atoms with Crippen LogP contribution in [-0.2, 0) is 6.18 Å². The number of alkyl halides is 3. The highest BCUT2D eigenvalue weighted by molar-refractivity contribution is 9.10. The maximum absolute atomic E-state index is 13.1. The summed E-state index contributed by atoms with van der Waals surface area (Å²) in [5.41, 5.74) is 7.59. The van der Waals surface area contributed by atoms with Gasteiger partial charge in [0.1, 0.15) is 13.9 Å². The van der Waals surface area contributed by atoms with E-state index < -0.39 is 19.8 Å². The van der Waals surface area contributed by atoms with Crippen LogP contribution in [0.25, 0.3) is 0 Å². The molecule has 19 heavy (non-hydrogen) atoms. The zero-order valence-electron chi connectivity index (χ0n) is 11.0. The number of nitrogens with zero attached hydrogens (tertiary/aromatic N) is 1. The molecule has 0 atom stereocenters. The number of hydrogen-bond donors (Lipinski definition) is 1. The maximum Gasteiger partial charge on any atom is 0.418 e. The first-order valence-corrected chi connectivity index (χ1v) is 9.78. The molecule has 1 rings (SSSR count). The zero-order valence-corrected chi connectivity index (χ0v) is 13.6. The normalized spacial score (nSPS) is 12.0. The molecule has 1 heterocycles. The van der Waals surface area contributed by atoms with Crippen LogP contribution in [0.1, 0.15) is 16.8 Å². The number of halogens is 4. The topological polar surface area (TPSA) is 38.9 Å². The van der Waals surface area contributed by atoms with Gasteiger partial charge in [-0.2, -0.15) is 13.2 Å². The molecule has 0 aliphatic carbocycles. The lowest BCUT2D eigenvalue weighted by molar-refractivity contribution is -0.138. The van der Waals surface area contributed by atoms with Crippen LogP contribution < -0.4 is 5.73 Å². The monoisotopic (exact) mass is 350 g/mol. The number of aromatic nitrogens is 1. The number of pyridine rings is 1. The van der Waals surface area contributed by atoms with Crippen molar-refractivity contribution in [3.63, 3.8) is 0 Å². The van der Waals surface area contributed by atoms with Gasteiger partial charge in [0.05, 0.1) is 21.3 Å². The molecular weight excluding hydrogens is 337 g/mol. The molecule has 0 amide bonds. The van der Waals surface area contributed by atoms with E-state index in [-0.39, 0.29) is 21.5 Å². The third-order valence-corrected chi connectivity index (χ3v) is 4.02. The molecule has 0 aromatic carbocycles. The van der Waals surface area contributed by atoms with Crippen LogP contribution in [0.15, 0.2) is 4.47 Å². The molecule has 0 radical (unpaired) electrons. The van der Waals surface area contributed by atoms with Gasteiger partial charge in [-0.05, 0) is 22.9 Å². The minimum Gasteiger partial charge on any atom is -0.383 e. The smallest absolute Gasteiger partial charge is 0.383 e. The van der Waals surface area contributed by atoms with Gasteiger partial charge < -0.3 is 5.73 Å². The van der Waals surface area contributed by atoms with Crippen molar-refractivity contribution < 1.29 is 13.2 Å². The van der Waals surface area contributed by atoms with E-state index in [1.54, 1.807) is 0 Å². The molecule has 0 saturated carbocycles. The zero-order chi connectivity index (χ0) is 15.0. The van der Waals surface area contributed by atoms with E-state index in [9.17, 15) is 13.2 Å².